The molecule has 0 fully saturated rings. The van der Waals surface area contributed by atoms with Crippen LogP contribution in [0.15, 0.2) is 12.4 Å². The molecule has 3 N–H and O–H groups in total. The van der Waals surface area contributed by atoms with Crippen molar-refractivity contribution in [1.82, 2.24) is 14.9 Å². The van der Waals surface area contributed by atoms with E-state index in [0.717, 1.165) is 18.8 Å². The van der Waals surface area contributed by atoms with Gasteiger partial charge in [0.25, 0.3) is 0 Å². The zero-order valence-electron chi connectivity index (χ0n) is 12.8. The van der Waals surface area contributed by atoms with Gasteiger partial charge in [-0.3, -0.25) is 4.79 Å². The normalized spacial score (nSPS) is 13.7. The molecule has 0 saturated carbocycles. The number of carbonyl (C=O) groups excluding carboxylic acids is 1. The quantitative estimate of drug-likeness (QED) is 0.810. The lowest BCUT2D eigenvalue weighted by Gasteiger charge is -2.22. The molecule has 0 aliphatic heterocycles. The Morgan fingerprint density at radius 3 is 2.75 bits per heavy atom. The summed E-state index contributed by atoms with van der Waals surface area (Å²) in [7, 11) is 0. The standard InChI is InChI=1S/C14H26N4O.ClH/c1-5-6-14(4,15)13(19)17-9-12-16-7-8-18(12)10-11(2)3;/h7-8,11H,5-6,9-10,15H2,1-4H3,(H,17,19);1H. The van der Waals surface area contributed by atoms with Crippen LogP contribution in [0.3, 0.4) is 0 Å². The van der Waals surface area contributed by atoms with Gasteiger partial charge >= 0.3 is 0 Å². The number of nitrogens with two attached hydrogens (primary N) is 1. The summed E-state index contributed by atoms with van der Waals surface area (Å²) >= 11 is 0. The van der Waals surface area contributed by atoms with Crippen molar-refractivity contribution < 1.29 is 4.79 Å². The van der Waals surface area contributed by atoms with E-state index in [1.807, 2.05) is 13.1 Å². The molecule has 1 unspecified atom stereocenters. The molecule has 20 heavy (non-hydrogen) atoms. The molecular weight excluding hydrogens is 276 g/mol. The van der Waals surface area contributed by atoms with Crippen molar-refractivity contribution in [3.8, 4) is 0 Å². The fraction of sp³-hybridized carbons (Fsp3) is 0.714. The van der Waals surface area contributed by atoms with Gasteiger partial charge in [0.2, 0.25) is 5.91 Å². The molecule has 0 aliphatic carbocycles. The van der Waals surface area contributed by atoms with Crippen LogP contribution in [0.25, 0.3) is 0 Å². The molecule has 0 radical (unpaired) electrons. The molecule has 116 valence electrons. The smallest absolute Gasteiger partial charge is 0.240 e. The lowest BCUT2D eigenvalue weighted by atomic mass is 9.96. The molecule has 0 spiro atoms. The zero-order valence-corrected chi connectivity index (χ0v) is 13.7. The van der Waals surface area contributed by atoms with E-state index < -0.39 is 5.54 Å². The van der Waals surface area contributed by atoms with Crippen molar-refractivity contribution in [3.63, 3.8) is 0 Å². The molecule has 6 heteroatoms. The van der Waals surface area contributed by atoms with E-state index in [2.05, 4.69) is 28.7 Å². The van der Waals surface area contributed by atoms with Crippen molar-refractivity contribution in [3.05, 3.63) is 18.2 Å². The molecule has 5 nitrogen and oxygen atoms in total. The van der Waals surface area contributed by atoms with Crippen LogP contribution in [0, 0.1) is 5.92 Å². The van der Waals surface area contributed by atoms with E-state index in [-0.39, 0.29) is 18.3 Å². The summed E-state index contributed by atoms with van der Waals surface area (Å²) in [6.45, 7) is 9.43. The predicted octanol–water partition coefficient (Wildman–Crippen LogP) is 2.09. The minimum atomic E-state index is -0.801. The van der Waals surface area contributed by atoms with Crippen molar-refractivity contribution in [2.45, 2.75) is 59.2 Å². The number of hydrogen-bond donors (Lipinski definition) is 2. The first kappa shape index (κ1) is 18.9. The third kappa shape index (κ3) is 5.51. The number of aromatic nitrogens is 2. The van der Waals surface area contributed by atoms with Crippen molar-refractivity contribution in [2.75, 3.05) is 0 Å². The highest BCUT2D eigenvalue weighted by molar-refractivity contribution is 5.85. The Bertz CT molecular complexity index is 415. The van der Waals surface area contributed by atoms with E-state index in [4.69, 9.17) is 5.73 Å². The van der Waals surface area contributed by atoms with Gasteiger partial charge in [0.15, 0.2) is 0 Å². The Hall–Kier alpha value is -1.07. The molecule has 0 saturated heterocycles. The SMILES string of the molecule is CCCC(C)(N)C(=O)NCc1nccn1CC(C)C.Cl. The van der Waals surface area contributed by atoms with Crippen LogP contribution in [0.5, 0.6) is 0 Å². The number of halogens is 1. The largest absolute Gasteiger partial charge is 0.347 e. The molecule has 0 aromatic carbocycles. The van der Waals surface area contributed by atoms with Gasteiger partial charge in [-0.2, -0.15) is 0 Å². The summed E-state index contributed by atoms with van der Waals surface area (Å²) in [4.78, 5) is 16.3. The summed E-state index contributed by atoms with van der Waals surface area (Å²) in [5, 5.41) is 2.88. The van der Waals surface area contributed by atoms with Crippen LogP contribution < -0.4 is 11.1 Å². The fourth-order valence-electron chi connectivity index (χ4n) is 2.06. The fourth-order valence-corrected chi connectivity index (χ4v) is 2.06. The Morgan fingerprint density at radius 2 is 2.20 bits per heavy atom. The maximum atomic E-state index is 12.0. The van der Waals surface area contributed by atoms with Gasteiger partial charge in [-0.05, 0) is 19.3 Å². The lowest BCUT2D eigenvalue weighted by Crippen LogP contribution is -2.51. The van der Waals surface area contributed by atoms with E-state index in [0.29, 0.717) is 18.9 Å². The first-order valence-corrected chi connectivity index (χ1v) is 6.94. The highest BCUT2D eigenvalue weighted by Crippen LogP contribution is 2.09. The maximum absolute atomic E-state index is 12.0. The highest BCUT2D eigenvalue weighted by atomic mass is 35.5. The average molecular weight is 303 g/mol. The van der Waals surface area contributed by atoms with Crippen molar-refractivity contribution in [1.29, 1.82) is 0 Å². The Labute approximate surface area is 127 Å². The van der Waals surface area contributed by atoms with Gasteiger partial charge in [-0.25, -0.2) is 4.98 Å². The number of carbonyl (C=O) groups is 1. The number of imidazole rings is 1. The number of amides is 1. The molecule has 1 aromatic rings. The second kappa shape index (κ2) is 8.27. The van der Waals surface area contributed by atoms with Crippen LogP contribution >= 0.6 is 12.4 Å². The van der Waals surface area contributed by atoms with E-state index in [1.54, 1.807) is 13.1 Å². The van der Waals surface area contributed by atoms with Crippen LogP contribution in [-0.2, 0) is 17.9 Å². The first-order chi connectivity index (χ1) is 8.86. The van der Waals surface area contributed by atoms with E-state index >= 15 is 0 Å². The number of hydrogen-bond acceptors (Lipinski definition) is 3. The highest BCUT2D eigenvalue weighted by Gasteiger charge is 2.26. The van der Waals surface area contributed by atoms with Crippen molar-refractivity contribution in [2.24, 2.45) is 11.7 Å². The first-order valence-electron chi connectivity index (χ1n) is 6.94. The summed E-state index contributed by atoms with van der Waals surface area (Å²) < 4.78 is 2.07. The minimum Gasteiger partial charge on any atom is -0.347 e. The number of rotatable bonds is 7. The summed E-state index contributed by atoms with van der Waals surface area (Å²) in [5.41, 5.74) is 5.19. The molecule has 1 amide bonds. The lowest BCUT2D eigenvalue weighted by molar-refractivity contribution is -0.126. The molecule has 1 atom stereocenters. The summed E-state index contributed by atoms with van der Waals surface area (Å²) in [6, 6.07) is 0. The van der Waals surface area contributed by atoms with Crippen LogP contribution in [0.1, 0.15) is 46.4 Å². The molecule has 0 bridgehead atoms. The van der Waals surface area contributed by atoms with Gasteiger partial charge in [0.1, 0.15) is 5.82 Å². The number of nitrogens with one attached hydrogen (secondary N) is 1. The summed E-state index contributed by atoms with van der Waals surface area (Å²) in [6.07, 6.45) is 5.27. The molecule has 1 aromatic heterocycles. The number of nitrogens with zero attached hydrogens (tertiary/aromatic N) is 2. The Balaban J connectivity index is 0.00000361. The van der Waals surface area contributed by atoms with Gasteiger partial charge < -0.3 is 15.6 Å². The maximum Gasteiger partial charge on any atom is 0.240 e. The topological polar surface area (TPSA) is 72.9 Å². The van der Waals surface area contributed by atoms with E-state index in [9.17, 15) is 4.79 Å². The second-order valence-corrected chi connectivity index (χ2v) is 5.74. The van der Waals surface area contributed by atoms with Crippen LogP contribution in [0.4, 0.5) is 0 Å². The third-order valence-corrected chi connectivity index (χ3v) is 3.06. The monoisotopic (exact) mass is 302 g/mol. The molecular formula is C14H27ClN4O. The van der Waals surface area contributed by atoms with Gasteiger partial charge in [-0.15, -0.1) is 12.4 Å². The Morgan fingerprint density at radius 1 is 1.55 bits per heavy atom. The Kier molecular flexibility index (Phi) is 7.83. The minimum absolute atomic E-state index is 0. The third-order valence-electron chi connectivity index (χ3n) is 3.06. The van der Waals surface area contributed by atoms with Crippen LogP contribution in [-0.4, -0.2) is 21.0 Å². The van der Waals surface area contributed by atoms with Gasteiger partial charge in [-0.1, -0.05) is 27.2 Å². The molecule has 1 heterocycles. The average Bonchev–Trinajstić information content (AvgIpc) is 2.72. The molecule has 0 aliphatic rings. The predicted molar refractivity (Wildman–Crippen MR) is 83.7 cm³/mol. The van der Waals surface area contributed by atoms with E-state index in [1.165, 1.54) is 0 Å². The summed E-state index contributed by atoms with van der Waals surface area (Å²) in [5.74, 6) is 1.30. The second-order valence-electron chi connectivity index (χ2n) is 5.74. The van der Waals surface area contributed by atoms with Crippen molar-refractivity contribution >= 4 is 18.3 Å². The zero-order chi connectivity index (χ0) is 14.5. The van der Waals surface area contributed by atoms with Crippen LogP contribution in [0.2, 0.25) is 0 Å². The van der Waals surface area contributed by atoms with Gasteiger partial charge in [0, 0.05) is 18.9 Å². The molecule has 1 rings (SSSR count). The van der Waals surface area contributed by atoms with Gasteiger partial charge in [0.05, 0.1) is 12.1 Å².